The first-order valence-electron chi connectivity index (χ1n) is 5.93. The highest BCUT2D eigenvalue weighted by Crippen LogP contribution is 2.48. The number of hydrogen-bond donors (Lipinski definition) is 2. The molecule has 0 aromatic carbocycles. The summed E-state index contributed by atoms with van der Waals surface area (Å²) in [5.41, 5.74) is 6.63. The summed E-state index contributed by atoms with van der Waals surface area (Å²) < 4.78 is 1.88. The van der Waals surface area contributed by atoms with E-state index in [1.54, 1.807) is 12.5 Å². The average Bonchev–Trinajstić information content (AvgIpc) is 2.84. The Labute approximate surface area is 96.5 Å². The molecule has 3 atom stereocenters. The Morgan fingerprint density at radius 3 is 2.94 bits per heavy atom. The van der Waals surface area contributed by atoms with Gasteiger partial charge in [-0.2, -0.15) is 0 Å². The summed E-state index contributed by atoms with van der Waals surface area (Å²) in [6, 6.07) is 0. The predicted molar refractivity (Wildman–Crippen MR) is 62.7 cm³/mol. The highest BCUT2D eigenvalue weighted by atomic mass is 16.3. The van der Waals surface area contributed by atoms with Gasteiger partial charge in [0.2, 0.25) is 0 Å². The van der Waals surface area contributed by atoms with Crippen LogP contribution in [0.25, 0.3) is 0 Å². The smallest absolute Gasteiger partial charge is 0.102 e. The Kier molecular flexibility index (Phi) is 3.04. The maximum absolute atomic E-state index is 10.5. The van der Waals surface area contributed by atoms with Gasteiger partial charge in [0.05, 0.1) is 18.2 Å². The molecule has 0 spiro atoms. The van der Waals surface area contributed by atoms with Crippen LogP contribution in [0, 0.1) is 11.3 Å². The predicted octanol–water partition coefficient (Wildman–Crippen LogP) is 1.22. The molecule has 0 amide bonds. The van der Waals surface area contributed by atoms with E-state index in [0.29, 0.717) is 12.5 Å². The van der Waals surface area contributed by atoms with E-state index in [-0.39, 0.29) is 5.41 Å². The minimum absolute atomic E-state index is 0.146. The number of imidazole rings is 1. The van der Waals surface area contributed by atoms with Crippen molar-refractivity contribution in [3.63, 3.8) is 0 Å². The van der Waals surface area contributed by atoms with Gasteiger partial charge in [-0.3, -0.25) is 0 Å². The van der Waals surface area contributed by atoms with Crippen molar-refractivity contribution in [1.29, 1.82) is 0 Å². The highest BCUT2D eigenvalue weighted by Gasteiger charge is 2.43. The number of nitrogens with zero attached hydrogens (tertiary/aromatic N) is 2. The van der Waals surface area contributed by atoms with E-state index in [9.17, 15) is 5.11 Å². The van der Waals surface area contributed by atoms with Gasteiger partial charge in [0.25, 0.3) is 0 Å². The van der Waals surface area contributed by atoms with E-state index < -0.39 is 6.10 Å². The molecule has 0 saturated heterocycles. The third kappa shape index (κ3) is 1.76. The molecule has 1 aromatic rings. The molecule has 90 valence electrons. The fourth-order valence-electron chi connectivity index (χ4n) is 2.92. The van der Waals surface area contributed by atoms with E-state index in [2.05, 4.69) is 11.9 Å². The molecule has 16 heavy (non-hydrogen) atoms. The topological polar surface area (TPSA) is 64.1 Å². The highest BCUT2D eigenvalue weighted by molar-refractivity contribution is 5.09. The molecule has 1 aliphatic rings. The normalized spacial score (nSPS) is 31.9. The van der Waals surface area contributed by atoms with Crippen LogP contribution in [-0.4, -0.2) is 21.2 Å². The zero-order chi connectivity index (χ0) is 11.8. The molecule has 1 heterocycles. The van der Waals surface area contributed by atoms with E-state index in [1.165, 1.54) is 0 Å². The van der Waals surface area contributed by atoms with Gasteiger partial charge in [0, 0.05) is 19.0 Å². The van der Waals surface area contributed by atoms with Crippen molar-refractivity contribution in [2.75, 3.05) is 6.54 Å². The fraction of sp³-hybridized carbons (Fsp3) is 0.750. The zero-order valence-electron chi connectivity index (χ0n) is 10.1. The van der Waals surface area contributed by atoms with Crippen molar-refractivity contribution >= 4 is 0 Å². The summed E-state index contributed by atoms with van der Waals surface area (Å²) in [6.07, 6.45) is 6.15. The summed E-state index contributed by atoms with van der Waals surface area (Å²) >= 11 is 0. The molecule has 1 saturated carbocycles. The van der Waals surface area contributed by atoms with Crippen LogP contribution in [0.15, 0.2) is 12.5 Å². The van der Waals surface area contributed by atoms with E-state index in [4.69, 9.17) is 5.73 Å². The molecule has 3 N–H and O–H groups in total. The molecule has 0 radical (unpaired) electrons. The first-order chi connectivity index (χ1) is 7.59. The molecule has 0 bridgehead atoms. The Morgan fingerprint density at radius 1 is 1.75 bits per heavy atom. The van der Waals surface area contributed by atoms with Gasteiger partial charge in [0.15, 0.2) is 0 Å². The maximum Gasteiger partial charge on any atom is 0.102 e. The van der Waals surface area contributed by atoms with Gasteiger partial charge in [-0.05, 0) is 18.8 Å². The zero-order valence-corrected chi connectivity index (χ0v) is 10.1. The minimum Gasteiger partial charge on any atom is -0.386 e. The molecule has 0 aliphatic heterocycles. The standard InChI is InChI=1S/C12H21N3O/c1-9-3-4-12(5-9,7-13)11(16)10-6-14-8-15(10)2/h6,8-9,11,16H,3-5,7,13H2,1-2H3. The Hall–Kier alpha value is -0.870. The van der Waals surface area contributed by atoms with Crippen LogP contribution < -0.4 is 5.73 Å². The van der Waals surface area contributed by atoms with Crippen LogP contribution >= 0.6 is 0 Å². The van der Waals surface area contributed by atoms with Crippen LogP contribution in [0.2, 0.25) is 0 Å². The SMILES string of the molecule is CC1CCC(CN)(C(O)c2cncn2C)C1. The minimum atomic E-state index is -0.491. The number of rotatable bonds is 3. The molecule has 1 aliphatic carbocycles. The maximum atomic E-state index is 10.5. The second-order valence-electron chi connectivity index (χ2n) is 5.25. The Balaban J connectivity index is 2.26. The van der Waals surface area contributed by atoms with Crippen LogP contribution in [0.1, 0.15) is 38.0 Å². The molecule has 2 rings (SSSR count). The summed E-state index contributed by atoms with van der Waals surface area (Å²) in [6.45, 7) is 2.77. The van der Waals surface area contributed by atoms with Crippen molar-refractivity contribution < 1.29 is 5.11 Å². The van der Waals surface area contributed by atoms with Gasteiger partial charge >= 0.3 is 0 Å². The lowest BCUT2D eigenvalue weighted by Crippen LogP contribution is -2.35. The first kappa shape index (κ1) is 11.6. The first-order valence-corrected chi connectivity index (χ1v) is 5.93. The van der Waals surface area contributed by atoms with Crippen LogP contribution in [0.4, 0.5) is 0 Å². The van der Waals surface area contributed by atoms with Gasteiger partial charge in [0.1, 0.15) is 6.10 Å². The molecule has 1 aromatic heterocycles. The van der Waals surface area contributed by atoms with E-state index >= 15 is 0 Å². The lowest BCUT2D eigenvalue weighted by Gasteiger charge is -2.33. The third-order valence-corrected chi connectivity index (χ3v) is 4.01. The van der Waals surface area contributed by atoms with E-state index in [0.717, 1.165) is 25.0 Å². The van der Waals surface area contributed by atoms with Crippen LogP contribution in [0.5, 0.6) is 0 Å². The number of aliphatic hydroxyl groups is 1. The number of aromatic nitrogens is 2. The number of hydrogen-bond acceptors (Lipinski definition) is 3. The Morgan fingerprint density at radius 2 is 2.50 bits per heavy atom. The molecule has 4 heteroatoms. The van der Waals surface area contributed by atoms with Gasteiger partial charge in [-0.1, -0.05) is 13.3 Å². The van der Waals surface area contributed by atoms with Gasteiger partial charge < -0.3 is 15.4 Å². The van der Waals surface area contributed by atoms with Crippen molar-refractivity contribution in [3.8, 4) is 0 Å². The number of nitrogens with two attached hydrogens (primary N) is 1. The largest absolute Gasteiger partial charge is 0.386 e. The monoisotopic (exact) mass is 223 g/mol. The lowest BCUT2D eigenvalue weighted by molar-refractivity contribution is 0.0253. The molecule has 4 nitrogen and oxygen atoms in total. The van der Waals surface area contributed by atoms with Gasteiger partial charge in [-0.15, -0.1) is 0 Å². The second-order valence-corrected chi connectivity index (χ2v) is 5.25. The molecule has 1 fully saturated rings. The Bertz CT molecular complexity index is 363. The fourth-order valence-corrected chi connectivity index (χ4v) is 2.92. The van der Waals surface area contributed by atoms with Crippen molar-refractivity contribution in [2.24, 2.45) is 24.1 Å². The molecular weight excluding hydrogens is 202 g/mol. The van der Waals surface area contributed by atoms with Crippen LogP contribution in [-0.2, 0) is 7.05 Å². The second kappa shape index (κ2) is 4.18. The number of aryl methyl sites for hydroxylation is 1. The third-order valence-electron chi connectivity index (χ3n) is 4.01. The lowest BCUT2D eigenvalue weighted by atomic mass is 9.78. The summed E-state index contributed by atoms with van der Waals surface area (Å²) in [7, 11) is 1.91. The molecule has 3 unspecified atom stereocenters. The summed E-state index contributed by atoms with van der Waals surface area (Å²) in [5.74, 6) is 0.659. The van der Waals surface area contributed by atoms with Crippen molar-refractivity contribution in [1.82, 2.24) is 9.55 Å². The number of aliphatic hydroxyl groups excluding tert-OH is 1. The van der Waals surface area contributed by atoms with Crippen LogP contribution in [0.3, 0.4) is 0 Å². The van der Waals surface area contributed by atoms with Crippen molar-refractivity contribution in [2.45, 2.75) is 32.3 Å². The molecular formula is C12H21N3O. The van der Waals surface area contributed by atoms with Crippen molar-refractivity contribution in [3.05, 3.63) is 18.2 Å². The van der Waals surface area contributed by atoms with E-state index in [1.807, 2.05) is 11.6 Å². The van der Waals surface area contributed by atoms with Gasteiger partial charge in [-0.25, -0.2) is 4.98 Å². The summed E-state index contributed by atoms with van der Waals surface area (Å²) in [4.78, 5) is 4.06. The quantitative estimate of drug-likeness (QED) is 0.809. The summed E-state index contributed by atoms with van der Waals surface area (Å²) in [5, 5.41) is 10.5. The average molecular weight is 223 g/mol.